The van der Waals surface area contributed by atoms with E-state index < -0.39 is 0 Å². The second-order valence-electron chi connectivity index (χ2n) is 2.70. The van der Waals surface area contributed by atoms with E-state index in [-0.39, 0.29) is 5.91 Å². The van der Waals surface area contributed by atoms with Crippen molar-refractivity contribution in [1.29, 1.82) is 0 Å². The molecule has 2 N–H and O–H groups in total. The molecule has 1 heterocycles. The molecule has 2 rings (SSSR count). The van der Waals surface area contributed by atoms with E-state index in [1.165, 1.54) is 0 Å². The number of rotatable bonds is 0. The van der Waals surface area contributed by atoms with Gasteiger partial charge in [0.25, 0.3) is 5.91 Å². The van der Waals surface area contributed by atoms with Crippen LogP contribution in [0.3, 0.4) is 0 Å². The molecular weight excluding hydrogens is 176 g/mol. The first-order chi connectivity index (χ1) is 5.70. The molecule has 0 bridgehead atoms. The van der Waals surface area contributed by atoms with Gasteiger partial charge in [0, 0.05) is 16.1 Å². The van der Waals surface area contributed by atoms with Crippen LogP contribution in [0.5, 0.6) is 0 Å². The van der Waals surface area contributed by atoms with Crippen LogP contribution in [0, 0.1) is 0 Å². The first kappa shape index (κ1) is 7.58. The molecule has 1 aromatic rings. The molecule has 3 nitrogen and oxygen atoms in total. The summed E-state index contributed by atoms with van der Waals surface area (Å²) in [6.45, 7) is 0.411. The van der Waals surface area contributed by atoms with E-state index in [1.807, 2.05) is 0 Å². The molecule has 4 heteroatoms. The quantitative estimate of drug-likeness (QED) is 0.484. The van der Waals surface area contributed by atoms with Gasteiger partial charge in [-0.05, 0) is 12.1 Å². The number of nitrogens with zero attached hydrogens (tertiary/aromatic N) is 1. The molecule has 0 saturated carbocycles. The molecule has 12 heavy (non-hydrogen) atoms. The molecule has 0 spiro atoms. The zero-order valence-corrected chi connectivity index (χ0v) is 7.01. The van der Waals surface area contributed by atoms with Crippen LogP contribution in [0.4, 0.5) is 0 Å². The fraction of sp³-hybridized carbons (Fsp3) is 0.125. The van der Waals surface area contributed by atoms with Crippen LogP contribution in [0.1, 0.15) is 15.9 Å². The lowest BCUT2D eigenvalue weighted by atomic mass is 10.1. The fourth-order valence-electron chi connectivity index (χ4n) is 1.32. The Morgan fingerprint density at radius 2 is 2.25 bits per heavy atom. The molecule has 1 aliphatic heterocycles. The number of amides is 1. The van der Waals surface area contributed by atoms with Crippen LogP contribution in [0.2, 0.25) is 5.02 Å². The highest BCUT2D eigenvalue weighted by atomic mass is 35.5. The lowest BCUT2D eigenvalue weighted by Gasteiger charge is -2.04. The van der Waals surface area contributed by atoms with Crippen molar-refractivity contribution in [3.63, 3.8) is 0 Å². The summed E-state index contributed by atoms with van der Waals surface area (Å²) < 4.78 is 0. The van der Waals surface area contributed by atoms with E-state index in [0.717, 1.165) is 10.6 Å². The van der Waals surface area contributed by atoms with Crippen molar-refractivity contribution in [2.75, 3.05) is 0 Å². The van der Waals surface area contributed by atoms with E-state index in [1.54, 1.807) is 18.2 Å². The van der Waals surface area contributed by atoms with Crippen molar-refractivity contribution >= 4 is 17.5 Å². The Labute approximate surface area is 74.7 Å². The molecule has 1 aromatic carbocycles. The first-order valence-corrected chi connectivity index (χ1v) is 3.92. The molecule has 1 aliphatic rings. The normalized spacial score (nSPS) is 15.2. The number of hydrogen-bond donors (Lipinski definition) is 1. The average Bonchev–Trinajstić information content (AvgIpc) is 2.32. The van der Waals surface area contributed by atoms with E-state index in [0.29, 0.717) is 17.1 Å². The molecule has 1 amide bonds. The van der Waals surface area contributed by atoms with Crippen LogP contribution in [-0.4, -0.2) is 10.9 Å². The van der Waals surface area contributed by atoms with Crippen molar-refractivity contribution in [2.24, 2.45) is 5.84 Å². The van der Waals surface area contributed by atoms with Crippen LogP contribution in [0.25, 0.3) is 0 Å². The number of hydrazine groups is 1. The zero-order valence-electron chi connectivity index (χ0n) is 6.25. The van der Waals surface area contributed by atoms with Gasteiger partial charge in [-0.2, -0.15) is 0 Å². The summed E-state index contributed by atoms with van der Waals surface area (Å²) in [5.74, 6) is 5.26. The summed E-state index contributed by atoms with van der Waals surface area (Å²) in [7, 11) is 0. The van der Waals surface area contributed by atoms with Crippen molar-refractivity contribution in [1.82, 2.24) is 5.01 Å². The maximum Gasteiger partial charge on any atom is 0.268 e. The minimum absolute atomic E-state index is 0.160. The van der Waals surface area contributed by atoms with Gasteiger partial charge in [-0.25, -0.2) is 5.84 Å². The minimum atomic E-state index is -0.160. The average molecular weight is 183 g/mol. The Bertz CT molecular complexity index is 351. The smallest absolute Gasteiger partial charge is 0.268 e. The highest BCUT2D eigenvalue weighted by Gasteiger charge is 2.26. The van der Waals surface area contributed by atoms with E-state index >= 15 is 0 Å². The van der Waals surface area contributed by atoms with Crippen LogP contribution >= 0.6 is 11.6 Å². The van der Waals surface area contributed by atoms with Crippen LogP contribution < -0.4 is 5.84 Å². The lowest BCUT2D eigenvalue weighted by molar-refractivity contribution is 0.0778. The van der Waals surface area contributed by atoms with E-state index in [4.69, 9.17) is 17.4 Å². The molecule has 0 radical (unpaired) electrons. The summed E-state index contributed by atoms with van der Waals surface area (Å²) in [4.78, 5) is 11.3. The SMILES string of the molecule is NN1Cc2c(Cl)cccc2C1=O. The Balaban J connectivity index is 2.61. The number of carbonyl (C=O) groups is 1. The molecule has 0 fully saturated rings. The molecule has 0 aliphatic carbocycles. The Hall–Kier alpha value is -1.06. The topological polar surface area (TPSA) is 46.3 Å². The highest BCUT2D eigenvalue weighted by Crippen LogP contribution is 2.26. The Morgan fingerprint density at radius 1 is 1.50 bits per heavy atom. The summed E-state index contributed by atoms with van der Waals surface area (Å²) in [6, 6.07) is 5.24. The van der Waals surface area contributed by atoms with Gasteiger partial charge in [-0.1, -0.05) is 17.7 Å². The second-order valence-corrected chi connectivity index (χ2v) is 3.11. The predicted octanol–water partition coefficient (Wildman–Crippen LogP) is 1.17. The van der Waals surface area contributed by atoms with Gasteiger partial charge in [0.2, 0.25) is 0 Å². The third kappa shape index (κ3) is 0.906. The van der Waals surface area contributed by atoms with Gasteiger partial charge in [0.1, 0.15) is 0 Å². The number of nitrogens with two attached hydrogens (primary N) is 1. The van der Waals surface area contributed by atoms with Crippen LogP contribution in [-0.2, 0) is 6.54 Å². The van der Waals surface area contributed by atoms with Gasteiger partial charge in [0.15, 0.2) is 0 Å². The zero-order chi connectivity index (χ0) is 8.72. The fourth-order valence-corrected chi connectivity index (χ4v) is 1.55. The number of benzene rings is 1. The predicted molar refractivity (Wildman–Crippen MR) is 45.5 cm³/mol. The summed E-state index contributed by atoms with van der Waals surface area (Å²) >= 11 is 5.87. The molecule has 62 valence electrons. The van der Waals surface area contributed by atoms with Gasteiger partial charge in [-0.3, -0.25) is 9.80 Å². The molecule has 0 saturated heterocycles. The minimum Gasteiger partial charge on any atom is -0.272 e. The summed E-state index contributed by atoms with van der Waals surface area (Å²) in [6.07, 6.45) is 0. The number of hydrogen-bond acceptors (Lipinski definition) is 2. The third-order valence-electron chi connectivity index (χ3n) is 1.94. The van der Waals surface area contributed by atoms with Crippen LogP contribution in [0.15, 0.2) is 18.2 Å². The van der Waals surface area contributed by atoms with Crippen molar-refractivity contribution < 1.29 is 4.79 Å². The molecule has 0 unspecified atom stereocenters. The number of carbonyl (C=O) groups excluding carboxylic acids is 1. The van der Waals surface area contributed by atoms with E-state index in [9.17, 15) is 4.79 Å². The third-order valence-corrected chi connectivity index (χ3v) is 2.29. The summed E-state index contributed by atoms with van der Waals surface area (Å²) in [5, 5.41) is 1.77. The lowest BCUT2D eigenvalue weighted by Crippen LogP contribution is -2.30. The maximum atomic E-state index is 11.3. The van der Waals surface area contributed by atoms with Gasteiger partial charge < -0.3 is 0 Å². The summed E-state index contributed by atoms with van der Waals surface area (Å²) in [5.41, 5.74) is 1.44. The van der Waals surface area contributed by atoms with Crippen molar-refractivity contribution in [3.8, 4) is 0 Å². The molecule has 0 aromatic heterocycles. The monoisotopic (exact) mass is 182 g/mol. The molecular formula is C8H7ClN2O. The largest absolute Gasteiger partial charge is 0.272 e. The standard InChI is InChI=1S/C8H7ClN2O/c9-7-3-1-2-5-6(7)4-11(10)8(5)12/h1-3H,4,10H2. The number of fused-ring (bicyclic) bond motifs is 1. The van der Waals surface area contributed by atoms with Gasteiger partial charge in [0.05, 0.1) is 6.54 Å². The molecule has 0 atom stereocenters. The second kappa shape index (κ2) is 2.47. The van der Waals surface area contributed by atoms with Gasteiger partial charge in [-0.15, -0.1) is 0 Å². The number of halogens is 1. The Kier molecular flexibility index (Phi) is 1.56. The Morgan fingerprint density at radius 3 is 2.92 bits per heavy atom. The highest BCUT2D eigenvalue weighted by molar-refractivity contribution is 6.32. The van der Waals surface area contributed by atoms with Gasteiger partial charge >= 0.3 is 0 Å². The van der Waals surface area contributed by atoms with E-state index in [2.05, 4.69) is 0 Å². The first-order valence-electron chi connectivity index (χ1n) is 3.54. The van der Waals surface area contributed by atoms with Crippen molar-refractivity contribution in [3.05, 3.63) is 34.3 Å². The maximum absolute atomic E-state index is 11.3. The van der Waals surface area contributed by atoms with Crippen molar-refractivity contribution in [2.45, 2.75) is 6.54 Å².